The Kier molecular flexibility index (Phi) is 6.02. The van der Waals surface area contributed by atoms with Crippen LogP contribution in [0.5, 0.6) is 0 Å². The molecule has 1 aromatic rings. The molecule has 0 aromatic heterocycles. The highest BCUT2D eigenvalue weighted by Crippen LogP contribution is 2.09. The van der Waals surface area contributed by atoms with E-state index in [2.05, 4.69) is 24.0 Å². The zero-order valence-corrected chi connectivity index (χ0v) is 12.9. The monoisotopic (exact) mass is 292 g/mol. The number of methoxy groups -OCH3 is 1. The number of morpholine rings is 1. The van der Waals surface area contributed by atoms with Crippen molar-refractivity contribution in [2.45, 2.75) is 13.5 Å². The molecule has 0 bridgehead atoms. The van der Waals surface area contributed by atoms with Gasteiger partial charge in [0.1, 0.15) is 0 Å². The first-order chi connectivity index (χ1) is 10.2. The maximum atomic E-state index is 11.9. The Morgan fingerprint density at radius 2 is 2.14 bits per heavy atom. The van der Waals surface area contributed by atoms with E-state index in [1.807, 2.05) is 12.1 Å². The predicted molar refractivity (Wildman–Crippen MR) is 81.3 cm³/mol. The van der Waals surface area contributed by atoms with Gasteiger partial charge in [0.15, 0.2) is 0 Å². The third kappa shape index (κ3) is 5.02. The van der Waals surface area contributed by atoms with Gasteiger partial charge in [0.05, 0.1) is 20.3 Å². The predicted octanol–water partition coefficient (Wildman–Crippen LogP) is 1.90. The molecule has 0 unspecified atom stereocenters. The van der Waals surface area contributed by atoms with Crippen LogP contribution >= 0.6 is 0 Å². The van der Waals surface area contributed by atoms with Gasteiger partial charge in [-0.2, -0.15) is 0 Å². The van der Waals surface area contributed by atoms with Crippen LogP contribution in [0, 0.1) is 6.92 Å². The van der Waals surface area contributed by atoms with Crippen LogP contribution in [-0.2, 0) is 16.0 Å². The van der Waals surface area contributed by atoms with Gasteiger partial charge < -0.3 is 14.4 Å². The first-order valence-corrected chi connectivity index (χ1v) is 7.37. The molecule has 1 aliphatic heterocycles. The van der Waals surface area contributed by atoms with Gasteiger partial charge in [0, 0.05) is 32.7 Å². The second kappa shape index (κ2) is 8.00. The number of carbonyl (C=O) groups excluding carboxylic acids is 1. The number of carbonyl (C=O) groups is 1. The van der Waals surface area contributed by atoms with E-state index in [0.29, 0.717) is 13.1 Å². The Morgan fingerprint density at radius 1 is 1.38 bits per heavy atom. The summed E-state index contributed by atoms with van der Waals surface area (Å²) in [6.07, 6.45) is -0.273. The smallest absolute Gasteiger partial charge is 0.409 e. The summed E-state index contributed by atoms with van der Waals surface area (Å²) in [5, 5.41) is 0. The highest BCUT2D eigenvalue weighted by atomic mass is 16.5. The average molecular weight is 292 g/mol. The zero-order valence-electron chi connectivity index (χ0n) is 12.9. The van der Waals surface area contributed by atoms with Gasteiger partial charge in [-0.25, -0.2) is 4.79 Å². The summed E-state index contributed by atoms with van der Waals surface area (Å²) in [5.41, 5.74) is 2.33. The minimum Gasteiger partial charge on any atom is -0.453 e. The molecule has 0 radical (unpaired) electrons. The fourth-order valence-electron chi connectivity index (χ4n) is 2.48. The lowest BCUT2D eigenvalue weighted by molar-refractivity contribution is 0.0325. The summed E-state index contributed by atoms with van der Waals surface area (Å²) < 4.78 is 10.2. The Morgan fingerprint density at radius 3 is 2.81 bits per heavy atom. The number of benzene rings is 1. The Labute approximate surface area is 126 Å². The highest BCUT2D eigenvalue weighted by Gasteiger charge is 2.17. The topological polar surface area (TPSA) is 42.0 Å². The normalized spacial score (nSPS) is 15.7. The molecule has 5 nitrogen and oxygen atoms in total. The minimum absolute atomic E-state index is 0.273. The molecule has 116 valence electrons. The number of hydrogen-bond acceptors (Lipinski definition) is 4. The fraction of sp³-hybridized carbons (Fsp3) is 0.562. The average Bonchev–Trinajstić information content (AvgIpc) is 2.51. The van der Waals surface area contributed by atoms with Crippen molar-refractivity contribution in [2.75, 3.05) is 46.5 Å². The molecule has 1 saturated heterocycles. The van der Waals surface area contributed by atoms with Crippen molar-refractivity contribution in [1.29, 1.82) is 0 Å². The first kappa shape index (κ1) is 15.8. The molecule has 0 spiro atoms. The van der Waals surface area contributed by atoms with E-state index in [4.69, 9.17) is 9.47 Å². The van der Waals surface area contributed by atoms with Crippen molar-refractivity contribution in [1.82, 2.24) is 9.80 Å². The molecule has 0 aliphatic carbocycles. The Bertz CT molecular complexity index is 459. The summed E-state index contributed by atoms with van der Waals surface area (Å²) in [5.74, 6) is 0. The molecule has 0 saturated carbocycles. The number of nitrogens with zero attached hydrogens (tertiary/aromatic N) is 2. The van der Waals surface area contributed by atoms with Crippen molar-refractivity contribution in [3.8, 4) is 0 Å². The van der Waals surface area contributed by atoms with Gasteiger partial charge in [-0.1, -0.05) is 29.8 Å². The zero-order chi connectivity index (χ0) is 15.1. The van der Waals surface area contributed by atoms with E-state index in [9.17, 15) is 4.79 Å². The summed E-state index contributed by atoms with van der Waals surface area (Å²) in [7, 11) is 1.43. The van der Waals surface area contributed by atoms with Gasteiger partial charge in [-0.05, 0) is 12.5 Å². The van der Waals surface area contributed by atoms with E-state index in [1.165, 1.54) is 12.7 Å². The number of aryl methyl sites for hydroxylation is 1. The van der Waals surface area contributed by atoms with Gasteiger partial charge in [-0.15, -0.1) is 0 Å². The second-order valence-corrected chi connectivity index (χ2v) is 5.33. The first-order valence-electron chi connectivity index (χ1n) is 7.37. The third-order valence-electron chi connectivity index (χ3n) is 3.68. The molecule has 1 fully saturated rings. The van der Waals surface area contributed by atoms with Gasteiger partial charge in [0.25, 0.3) is 0 Å². The van der Waals surface area contributed by atoms with Crippen LogP contribution in [0.2, 0.25) is 0 Å². The van der Waals surface area contributed by atoms with E-state index in [1.54, 1.807) is 4.90 Å². The van der Waals surface area contributed by atoms with Crippen LogP contribution in [-0.4, -0.2) is 62.4 Å². The van der Waals surface area contributed by atoms with Crippen molar-refractivity contribution in [3.63, 3.8) is 0 Å². The van der Waals surface area contributed by atoms with Crippen LogP contribution in [0.1, 0.15) is 11.1 Å². The molecular formula is C16H24N2O3. The molecule has 1 heterocycles. The molecule has 1 aromatic carbocycles. The van der Waals surface area contributed by atoms with E-state index in [0.717, 1.165) is 38.4 Å². The van der Waals surface area contributed by atoms with E-state index < -0.39 is 0 Å². The SMILES string of the molecule is COC(=O)N(CCN1CCOCC1)Cc1cccc(C)c1. The van der Waals surface area contributed by atoms with Gasteiger partial charge in [-0.3, -0.25) is 4.90 Å². The lowest BCUT2D eigenvalue weighted by atomic mass is 10.1. The maximum absolute atomic E-state index is 11.9. The molecular weight excluding hydrogens is 268 g/mol. The van der Waals surface area contributed by atoms with Gasteiger partial charge >= 0.3 is 6.09 Å². The van der Waals surface area contributed by atoms with E-state index in [-0.39, 0.29) is 6.09 Å². The summed E-state index contributed by atoms with van der Waals surface area (Å²) in [6, 6.07) is 8.21. The number of hydrogen-bond donors (Lipinski definition) is 0. The maximum Gasteiger partial charge on any atom is 0.409 e. The van der Waals surface area contributed by atoms with Crippen LogP contribution < -0.4 is 0 Å². The van der Waals surface area contributed by atoms with Gasteiger partial charge in [0.2, 0.25) is 0 Å². The second-order valence-electron chi connectivity index (χ2n) is 5.33. The summed E-state index contributed by atoms with van der Waals surface area (Å²) >= 11 is 0. The quantitative estimate of drug-likeness (QED) is 0.831. The Balaban J connectivity index is 1.92. The van der Waals surface area contributed by atoms with Crippen molar-refractivity contribution >= 4 is 6.09 Å². The van der Waals surface area contributed by atoms with Crippen molar-refractivity contribution in [2.24, 2.45) is 0 Å². The molecule has 21 heavy (non-hydrogen) atoms. The lowest BCUT2D eigenvalue weighted by Crippen LogP contribution is -2.42. The molecule has 5 heteroatoms. The molecule has 0 N–H and O–H groups in total. The molecule has 1 amide bonds. The van der Waals surface area contributed by atoms with Crippen molar-refractivity contribution < 1.29 is 14.3 Å². The Hall–Kier alpha value is -1.59. The lowest BCUT2D eigenvalue weighted by Gasteiger charge is -2.29. The highest BCUT2D eigenvalue weighted by molar-refractivity contribution is 5.67. The van der Waals surface area contributed by atoms with Crippen LogP contribution in [0.25, 0.3) is 0 Å². The number of ether oxygens (including phenoxy) is 2. The van der Waals surface area contributed by atoms with Crippen LogP contribution in [0.4, 0.5) is 4.79 Å². The molecule has 2 rings (SSSR count). The summed E-state index contributed by atoms with van der Waals surface area (Å²) in [4.78, 5) is 16.0. The van der Waals surface area contributed by atoms with Crippen molar-refractivity contribution in [3.05, 3.63) is 35.4 Å². The van der Waals surface area contributed by atoms with Crippen LogP contribution in [0.15, 0.2) is 24.3 Å². The van der Waals surface area contributed by atoms with E-state index >= 15 is 0 Å². The largest absolute Gasteiger partial charge is 0.453 e. The number of amides is 1. The molecule has 0 atom stereocenters. The fourth-order valence-corrected chi connectivity index (χ4v) is 2.48. The molecule has 1 aliphatic rings. The third-order valence-corrected chi connectivity index (χ3v) is 3.68. The summed E-state index contributed by atoms with van der Waals surface area (Å²) in [6.45, 7) is 7.56. The van der Waals surface area contributed by atoms with Crippen LogP contribution in [0.3, 0.4) is 0 Å². The standard InChI is InChI=1S/C16H24N2O3/c1-14-4-3-5-15(12-14)13-18(16(19)20-2)7-6-17-8-10-21-11-9-17/h3-5,12H,6-11,13H2,1-2H3. The number of rotatable bonds is 5. The minimum atomic E-state index is -0.273.